The summed E-state index contributed by atoms with van der Waals surface area (Å²) in [6.45, 7) is 0. The van der Waals surface area contributed by atoms with E-state index < -0.39 is 0 Å². The Morgan fingerprint density at radius 2 is 2.13 bits per heavy atom. The van der Waals surface area contributed by atoms with Gasteiger partial charge < -0.3 is 0 Å². The number of carbonyl (C=O) groups is 1. The molecule has 0 unspecified atom stereocenters. The van der Waals surface area contributed by atoms with Gasteiger partial charge in [0.25, 0.3) is 0 Å². The SMILES string of the molecule is O=C1CC=C(Cc2cccc(F)c2)CC1. The summed E-state index contributed by atoms with van der Waals surface area (Å²) in [5.74, 6) is 0.109. The highest BCUT2D eigenvalue weighted by atomic mass is 19.1. The Morgan fingerprint density at radius 3 is 2.80 bits per heavy atom. The summed E-state index contributed by atoms with van der Waals surface area (Å²) in [6.07, 6.45) is 4.77. The lowest BCUT2D eigenvalue weighted by Gasteiger charge is -2.11. The van der Waals surface area contributed by atoms with Crippen molar-refractivity contribution in [3.05, 3.63) is 47.3 Å². The highest BCUT2D eigenvalue weighted by Gasteiger charge is 2.10. The van der Waals surface area contributed by atoms with Gasteiger partial charge in [0, 0.05) is 12.8 Å². The molecular weight excluding hydrogens is 191 g/mol. The maximum atomic E-state index is 12.9. The third kappa shape index (κ3) is 2.75. The second-order valence-corrected chi connectivity index (χ2v) is 3.91. The van der Waals surface area contributed by atoms with Crippen LogP contribution in [0.5, 0.6) is 0 Å². The van der Waals surface area contributed by atoms with Crippen LogP contribution in [0.4, 0.5) is 4.39 Å². The molecule has 0 aliphatic heterocycles. The number of benzene rings is 1. The van der Waals surface area contributed by atoms with Gasteiger partial charge in [0.2, 0.25) is 0 Å². The topological polar surface area (TPSA) is 17.1 Å². The van der Waals surface area contributed by atoms with Gasteiger partial charge in [0.1, 0.15) is 11.6 Å². The first-order valence-electron chi connectivity index (χ1n) is 5.18. The lowest BCUT2D eigenvalue weighted by atomic mass is 9.93. The molecule has 78 valence electrons. The van der Waals surface area contributed by atoms with Crippen LogP contribution in [-0.2, 0) is 11.2 Å². The van der Waals surface area contributed by atoms with Crippen LogP contribution in [-0.4, -0.2) is 5.78 Å². The molecule has 0 N–H and O–H groups in total. The van der Waals surface area contributed by atoms with Gasteiger partial charge in [0.05, 0.1) is 0 Å². The number of hydrogen-bond acceptors (Lipinski definition) is 1. The fourth-order valence-corrected chi connectivity index (χ4v) is 1.83. The van der Waals surface area contributed by atoms with Gasteiger partial charge in [-0.3, -0.25) is 4.79 Å². The molecule has 0 bridgehead atoms. The first-order valence-corrected chi connectivity index (χ1v) is 5.18. The Bertz CT molecular complexity index is 407. The third-order valence-corrected chi connectivity index (χ3v) is 2.66. The van der Waals surface area contributed by atoms with E-state index in [1.807, 2.05) is 12.1 Å². The largest absolute Gasteiger partial charge is 0.299 e. The number of halogens is 1. The molecule has 0 saturated carbocycles. The van der Waals surface area contributed by atoms with Crippen molar-refractivity contribution in [2.75, 3.05) is 0 Å². The van der Waals surface area contributed by atoms with E-state index in [-0.39, 0.29) is 5.82 Å². The average Bonchev–Trinajstić information content (AvgIpc) is 2.22. The third-order valence-electron chi connectivity index (χ3n) is 2.66. The van der Waals surface area contributed by atoms with Gasteiger partial charge >= 0.3 is 0 Å². The Morgan fingerprint density at radius 1 is 1.27 bits per heavy atom. The zero-order valence-corrected chi connectivity index (χ0v) is 8.50. The zero-order chi connectivity index (χ0) is 10.7. The molecule has 0 amide bonds. The second-order valence-electron chi connectivity index (χ2n) is 3.91. The molecule has 0 spiro atoms. The first-order chi connectivity index (χ1) is 7.24. The van der Waals surface area contributed by atoms with E-state index in [9.17, 15) is 9.18 Å². The lowest BCUT2D eigenvalue weighted by molar-refractivity contribution is -0.118. The molecule has 0 fully saturated rings. The molecule has 1 nitrogen and oxygen atoms in total. The highest BCUT2D eigenvalue weighted by molar-refractivity contribution is 5.81. The second kappa shape index (κ2) is 4.39. The highest BCUT2D eigenvalue weighted by Crippen LogP contribution is 2.19. The Kier molecular flexibility index (Phi) is 2.95. The molecule has 0 aromatic heterocycles. The fourth-order valence-electron chi connectivity index (χ4n) is 1.83. The van der Waals surface area contributed by atoms with Crippen LogP contribution < -0.4 is 0 Å². The van der Waals surface area contributed by atoms with Crippen molar-refractivity contribution in [2.45, 2.75) is 25.7 Å². The van der Waals surface area contributed by atoms with Crippen LogP contribution in [0, 0.1) is 5.82 Å². The van der Waals surface area contributed by atoms with E-state index in [1.165, 1.54) is 11.6 Å². The maximum absolute atomic E-state index is 12.9. The van der Waals surface area contributed by atoms with Gasteiger partial charge in [-0.2, -0.15) is 0 Å². The summed E-state index contributed by atoms with van der Waals surface area (Å²) < 4.78 is 12.9. The summed E-state index contributed by atoms with van der Waals surface area (Å²) in [5, 5.41) is 0. The molecule has 1 aromatic rings. The molecule has 0 saturated heterocycles. The van der Waals surface area contributed by atoms with Crippen molar-refractivity contribution >= 4 is 5.78 Å². The molecule has 15 heavy (non-hydrogen) atoms. The molecule has 1 aliphatic rings. The minimum absolute atomic E-state index is 0.194. The average molecular weight is 204 g/mol. The van der Waals surface area contributed by atoms with Crippen LogP contribution in [0.25, 0.3) is 0 Å². The number of ketones is 1. The Labute approximate surface area is 88.6 Å². The molecular formula is C13H13FO. The standard InChI is InChI=1S/C13H13FO/c14-12-3-1-2-11(9-12)8-10-4-6-13(15)7-5-10/h1-4,9H,5-8H2. The van der Waals surface area contributed by atoms with E-state index in [2.05, 4.69) is 0 Å². The van der Waals surface area contributed by atoms with Crippen molar-refractivity contribution in [1.29, 1.82) is 0 Å². The number of carbonyl (C=O) groups excluding carboxylic acids is 1. The smallest absolute Gasteiger partial charge is 0.136 e. The Balaban J connectivity index is 2.06. The number of Topliss-reactive ketones (excluding diaryl/α,β-unsaturated/α-hetero) is 1. The van der Waals surface area contributed by atoms with Crippen LogP contribution in [0.1, 0.15) is 24.8 Å². The van der Waals surface area contributed by atoms with E-state index in [0.717, 1.165) is 18.4 Å². The van der Waals surface area contributed by atoms with Crippen LogP contribution >= 0.6 is 0 Å². The number of hydrogen-bond donors (Lipinski definition) is 0. The number of allylic oxidation sites excluding steroid dienone is 2. The van der Waals surface area contributed by atoms with E-state index in [1.54, 1.807) is 12.1 Å². The monoisotopic (exact) mass is 204 g/mol. The minimum Gasteiger partial charge on any atom is -0.299 e. The van der Waals surface area contributed by atoms with Crippen molar-refractivity contribution in [2.24, 2.45) is 0 Å². The van der Waals surface area contributed by atoms with E-state index in [4.69, 9.17) is 0 Å². The molecule has 0 radical (unpaired) electrons. The summed E-state index contributed by atoms with van der Waals surface area (Å²) >= 11 is 0. The van der Waals surface area contributed by atoms with Gasteiger partial charge in [-0.1, -0.05) is 23.8 Å². The quantitative estimate of drug-likeness (QED) is 0.677. The normalized spacial score (nSPS) is 16.3. The van der Waals surface area contributed by atoms with Crippen LogP contribution in [0.2, 0.25) is 0 Å². The minimum atomic E-state index is -0.194. The Hall–Kier alpha value is -1.44. The van der Waals surface area contributed by atoms with Gasteiger partial charge in [-0.25, -0.2) is 4.39 Å². The summed E-state index contributed by atoms with van der Waals surface area (Å²) in [6, 6.07) is 6.64. The van der Waals surface area contributed by atoms with Crippen molar-refractivity contribution in [3.8, 4) is 0 Å². The molecule has 2 rings (SSSR count). The lowest BCUT2D eigenvalue weighted by Crippen LogP contribution is -2.05. The molecule has 0 heterocycles. The van der Waals surface area contributed by atoms with Gasteiger partial charge in [-0.05, 0) is 30.5 Å². The number of rotatable bonds is 2. The van der Waals surface area contributed by atoms with Crippen LogP contribution in [0.15, 0.2) is 35.9 Å². The van der Waals surface area contributed by atoms with Crippen molar-refractivity contribution in [3.63, 3.8) is 0 Å². The first kappa shape index (κ1) is 10.1. The fraction of sp³-hybridized carbons (Fsp3) is 0.308. The summed E-state index contributed by atoms with van der Waals surface area (Å²) in [4.78, 5) is 11.0. The van der Waals surface area contributed by atoms with Crippen molar-refractivity contribution in [1.82, 2.24) is 0 Å². The van der Waals surface area contributed by atoms with Crippen molar-refractivity contribution < 1.29 is 9.18 Å². The van der Waals surface area contributed by atoms with Crippen LogP contribution in [0.3, 0.4) is 0 Å². The predicted molar refractivity (Wildman–Crippen MR) is 57.0 cm³/mol. The molecule has 1 aliphatic carbocycles. The molecule has 2 heteroatoms. The summed E-state index contributed by atoms with van der Waals surface area (Å²) in [5.41, 5.74) is 2.23. The molecule has 1 aromatic carbocycles. The van der Waals surface area contributed by atoms with Gasteiger partial charge in [-0.15, -0.1) is 0 Å². The summed E-state index contributed by atoms with van der Waals surface area (Å²) in [7, 11) is 0. The molecule has 0 atom stereocenters. The van der Waals surface area contributed by atoms with Gasteiger partial charge in [0.15, 0.2) is 0 Å². The maximum Gasteiger partial charge on any atom is 0.136 e. The zero-order valence-electron chi connectivity index (χ0n) is 8.50. The van der Waals surface area contributed by atoms with E-state index >= 15 is 0 Å². The predicted octanol–water partition coefficient (Wildman–Crippen LogP) is 3.05. The van der Waals surface area contributed by atoms with E-state index in [0.29, 0.717) is 18.6 Å².